The summed E-state index contributed by atoms with van der Waals surface area (Å²) in [6.07, 6.45) is 3.62. The molecule has 0 spiro atoms. The van der Waals surface area contributed by atoms with Gasteiger partial charge in [0.15, 0.2) is 0 Å². The molecule has 0 bridgehead atoms. The molecule has 1 aromatic heterocycles. The molecule has 1 saturated carbocycles. The van der Waals surface area contributed by atoms with Crippen molar-refractivity contribution in [3.8, 4) is 0 Å². The number of anilines is 2. The number of hydrogen-bond acceptors (Lipinski definition) is 5. The molecule has 1 fully saturated rings. The first-order chi connectivity index (χ1) is 7.66. The Morgan fingerprint density at radius 1 is 1.56 bits per heavy atom. The van der Waals surface area contributed by atoms with Crippen molar-refractivity contribution in [2.75, 3.05) is 17.6 Å². The van der Waals surface area contributed by atoms with Crippen molar-refractivity contribution < 1.29 is 4.92 Å². The van der Waals surface area contributed by atoms with Crippen molar-refractivity contribution in [3.05, 3.63) is 22.2 Å². The van der Waals surface area contributed by atoms with Gasteiger partial charge in [-0.05, 0) is 24.8 Å². The van der Waals surface area contributed by atoms with Crippen LogP contribution in [-0.2, 0) is 0 Å². The molecule has 0 saturated heterocycles. The van der Waals surface area contributed by atoms with Crippen molar-refractivity contribution >= 4 is 17.3 Å². The SMILES string of the molecule is Nc1ccc([N+](=O)[O-])c(NCC2CCC2)n1. The quantitative estimate of drug-likeness (QED) is 0.598. The Kier molecular flexibility index (Phi) is 2.89. The molecule has 0 unspecified atom stereocenters. The molecule has 1 aliphatic carbocycles. The summed E-state index contributed by atoms with van der Waals surface area (Å²) >= 11 is 0. The highest BCUT2D eigenvalue weighted by Gasteiger charge is 2.20. The number of nitrogens with one attached hydrogen (secondary N) is 1. The van der Waals surface area contributed by atoms with Crippen molar-refractivity contribution in [3.63, 3.8) is 0 Å². The van der Waals surface area contributed by atoms with Gasteiger partial charge in [0.25, 0.3) is 0 Å². The van der Waals surface area contributed by atoms with Crippen LogP contribution in [0.5, 0.6) is 0 Å². The summed E-state index contributed by atoms with van der Waals surface area (Å²) in [5.41, 5.74) is 5.49. The summed E-state index contributed by atoms with van der Waals surface area (Å²) in [6, 6.07) is 2.82. The van der Waals surface area contributed by atoms with Gasteiger partial charge in [-0.2, -0.15) is 0 Å². The van der Waals surface area contributed by atoms with Crippen LogP contribution in [0, 0.1) is 16.0 Å². The lowest BCUT2D eigenvalue weighted by molar-refractivity contribution is -0.384. The van der Waals surface area contributed by atoms with Crippen LogP contribution in [0.15, 0.2) is 12.1 Å². The third-order valence-electron chi connectivity index (χ3n) is 2.88. The van der Waals surface area contributed by atoms with E-state index in [0.29, 0.717) is 11.7 Å². The van der Waals surface area contributed by atoms with Gasteiger partial charge < -0.3 is 11.1 Å². The molecule has 0 aliphatic heterocycles. The highest BCUT2D eigenvalue weighted by atomic mass is 16.6. The van der Waals surface area contributed by atoms with Gasteiger partial charge in [-0.3, -0.25) is 10.1 Å². The van der Waals surface area contributed by atoms with E-state index in [2.05, 4.69) is 10.3 Å². The molecular weight excluding hydrogens is 208 g/mol. The summed E-state index contributed by atoms with van der Waals surface area (Å²) in [4.78, 5) is 14.2. The lowest BCUT2D eigenvalue weighted by atomic mass is 9.85. The first-order valence-corrected chi connectivity index (χ1v) is 5.31. The smallest absolute Gasteiger partial charge is 0.311 e. The van der Waals surface area contributed by atoms with Crippen molar-refractivity contribution in [1.29, 1.82) is 0 Å². The second kappa shape index (κ2) is 4.34. The minimum Gasteiger partial charge on any atom is -0.384 e. The zero-order valence-electron chi connectivity index (χ0n) is 8.85. The largest absolute Gasteiger partial charge is 0.384 e. The fourth-order valence-electron chi connectivity index (χ4n) is 1.68. The number of nitrogens with two attached hydrogens (primary N) is 1. The fourth-order valence-corrected chi connectivity index (χ4v) is 1.68. The molecule has 1 aromatic rings. The van der Waals surface area contributed by atoms with Gasteiger partial charge in [0.2, 0.25) is 5.82 Å². The predicted octanol–water partition coefficient (Wildman–Crippen LogP) is 1.78. The molecule has 1 heterocycles. The van der Waals surface area contributed by atoms with Crippen molar-refractivity contribution in [1.82, 2.24) is 4.98 Å². The monoisotopic (exact) mass is 222 g/mol. The first kappa shape index (κ1) is 10.7. The highest BCUT2D eigenvalue weighted by molar-refractivity contribution is 5.59. The number of rotatable bonds is 4. The molecule has 6 heteroatoms. The average Bonchev–Trinajstić information content (AvgIpc) is 2.14. The van der Waals surface area contributed by atoms with E-state index in [4.69, 9.17) is 5.73 Å². The number of hydrogen-bond donors (Lipinski definition) is 2. The summed E-state index contributed by atoms with van der Waals surface area (Å²) in [5.74, 6) is 1.18. The van der Waals surface area contributed by atoms with E-state index in [1.807, 2.05) is 0 Å². The number of pyridine rings is 1. The minimum atomic E-state index is -0.449. The Balaban J connectivity index is 2.09. The van der Waals surface area contributed by atoms with E-state index in [0.717, 1.165) is 6.54 Å². The lowest BCUT2D eigenvalue weighted by Crippen LogP contribution is -2.21. The lowest BCUT2D eigenvalue weighted by Gasteiger charge is -2.25. The van der Waals surface area contributed by atoms with Crippen LogP contribution < -0.4 is 11.1 Å². The van der Waals surface area contributed by atoms with Crippen LogP contribution in [-0.4, -0.2) is 16.5 Å². The van der Waals surface area contributed by atoms with Gasteiger partial charge in [0.05, 0.1) is 4.92 Å². The molecular formula is C10H14N4O2. The summed E-state index contributed by atoms with van der Waals surface area (Å²) in [7, 11) is 0. The van der Waals surface area contributed by atoms with Gasteiger partial charge in [-0.1, -0.05) is 6.42 Å². The van der Waals surface area contributed by atoms with E-state index in [-0.39, 0.29) is 11.5 Å². The van der Waals surface area contributed by atoms with Crippen LogP contribution in [0.4, 0.5) is 17.3 Å². The molecule has 0 atom stereocenters. The molecule has 0 radical (unpaired) electrons. The van der Waals surface area contributed by atoms with E-state index in [1.54, 1.807) is 0 Å². The summed E-state index contributed by atoms with van der Waals surface area (Å²) in [6.45, 7) is 0.733. The summed E-state index contributed by atoms with van der Waals surface area (Å²) < 4.78 is 0. The van der Waals surface area contributed by atoms with E-state index < -0.39 is 4.92 Å². The normalized spacial score (nSPS) is 15.5. The standard InChI is InChI=1S/C10H14N4O2/c11-9-5-4-8(14(15)16)10(13-9)12-6-7-2-1-3-7/h4-5,7H,1-3,6H2,(H3,11,12,13). The number of nitrogen functional groups attached to an aromatic ring is 1. The Hall–Kier alpha value is -1.85. The second-order valence-corrected chi connectivity index (χ2v) is 4.04. The van der Waals surface area contributed by atoms with Crippen LogP contribution >= 0.6 is 0 Å². The molecule has 16 heavy (non-hydrogen) atoms. The molecule has 3 N–H and O–H groups in total. The maximum atomic E-state index is 10.7. The zero-order chi connectivity index (χ0) is 11.5. The van der Waals surface area contributed by atoms with Gasteiger partial charge >= 0.3 is 5.69 Å². The second-order valence-electron chi connectivity index (χ2n) is 4.04. The number of aromatic nitrogens is 1. The van der Waals surface area contributed by atoms with Crippen LogP contribution in [0.3, 0.4) is 0 Å². The van der Waals surface area contributed by atoms with E-state index >= 15 is 0 Å². The topological polar surface area (TPSA) is 94.1 Å². The Morgan fingerprint density at radius 2 is 2.31 bits per heavy atom. The summed E-state index contributed by atoms with van der Waals surface area (Å²) in [5, 5.41) is 13.8. The Labute approximate surface area is 93.0 Å². The number of nitrogens with zero attached hydrogens (tertiary/aromatic N) is 2. The van der Waals surface area contributed by atoms with Crippen molar-refractivity contribution in [2.45, 2.75) is 19.3 Å². The van der Waals surface area contributed by atoms with E-state index in [9.17, 15) is 10.1 Å². The third-order valence-corrected chi connectivity index (χ3v) is 2.88. The third kappa shape index (κ3) is 2.21. The number of nitro groups is 1. The van der Waals surface area contributed by atoms with Crippen LogP contribution in [0.25, 0.3) is 0 Å². The van der Waals surface area contributed by atoms with Gasteiger partial charge in [-0.25, -0.2) is 4.98 Å². The maximum Gasteiger partial charge on any atom is 0.311 e. The molecule has 1 aliphatic rings. The van der Waals surface area contributed by atoms with Crippen LogP contribution in [0.2, 0.25) is 0 Å². The van der Waals surface area contributed by atoms with Gasteiger partial charge in [0, 0.05) is 12.6 Å². The Bertz CT molecular complexity index is 404. The zero-order valence-corrected chi connectivity index (χ0v) is 8.85. The molecule has 86 valence electrons. The minimum absolute atomic E-state index is 0.0199. The first-order valence-electron chi connectivity index (χ1n) is 5.31. The fraction of sp³-hybridized carbons (Fsp3) is 0.500. The molecule has 2 rings (SSSR count). The van der Waals surface area contributed by atoms with Crippen LogP contribution in [0.1, 0.15) is 19.3 Å². The van der Waals surface area contributed by atoms with Crippen molar-refractivity contribution in [2.24, 2.45) is 5.92 Å². The molecule has 6 nitrogen and oxygen atoms in total. The maximum absolute atomic E-state index is 10.7. The highest BCUT2D eigenvalue weighted by Crippen LogP contribution is 2.28. The average molecular weight is 222 g/mol. The Morgan fingerprint density at radius 3 is 2.88 bits per heavy atom. The predicted molar refractivity (Wildman–Crippen MR) is 61.1 cm³/mol. The molecule has 0 aromatic carbocycles. The van der Waals surface area contributed by atoms with Gasteiger partial charge in [-0.15, -0.1) is 0 Å². The van der Waals surface area contributed by atoms with E-state index in [1.165, 1.54) is 31.4 Å². The van der Waals surface area contributed by atoms with Gasteiger partial charge in [0.1, 0.15) is 5.82 Å². The molecule has 0 amide bonds.